The van der Waals surface area contributed by atoms with E-state index >= 15 is 0 Å². The fraction of sp³-hybridized carbons (Fsp3) is 0.500. The fourth-order valence-electron chi connectivity index (χ4n) is 1.56. The van der Waals surface area contributed by atoms with Crippen molar-refractivity contribution in [2.24, 2.45) is 5.41 Å². The molecule has 0 N–H and O–H groups in total. The van der Waals surface area contributed by atoms with Crippen LogP contribution in [0.2, 0.25) is 0 Å². The predicted octanol–water partition coefficient (Wildman–Crippen LogP) is 4.01. The quantitative estimate of drug-likeness (QED) is 0.707. The molecule has 1 rings (SSSR count). The van der Waals surface area contributed by atoms with Crippen molar-refractivity contribution >= 4 is 6.08 Å². The summed E-state index contributed by atoms with van der Waals surface area (Å²) in [6, 6.07) is 4.29. The van der Waals surface area contributed by atoms with E-state index in [2.05, 4.69) is 50.9 Å². The Bertz CT molecular complexity index is 356. The topological polar surface area (TPSA) is 12.9 Å². The molecule has 0 saturated heterocycles. The van der Waals surface area contributed by atoms with Crippen molar-refractivity contribution in [3.05, 3.63) is 35.2 Å². The van der Waals surface area contributed by atoms with Gasteiger partial charge < -0.3 is 0 Å². The molecule has 1 heteroatoms. The predicted molar refractivity (Wildman–Crippen MR) is 66.8 cm³/mol. The van der Waals surface area contributed by atoms with Gasteiger partial charge in [0.25, 0.3) is 0 Å². The summed E-state index contributed by atoms with van der Waals surface area (Å²) in [7, 11) is 0. The van der Waals surface area contributed by atoms with Gasteiger partial charge in [-0.1, -0.05) is 32.9 Å². The van der Waals surface area contributed by atoms with Crippen molar-refractivity contribution in [2.45, 2.75) is 41.0 Å². The van der Waals surface area contributed by atoms with E-state index in [-0.39, 0.29) is 0 Å². The van der Waals surface area contributed by atoms with Crippen LogP contribution >= 0.6 is 0 Å². The molecule has 1 aromatic heterocycles. The molecular formula is C14H21N. The molecule has 0 unspecified atom stereocenters. The number of allylic oxidation sites excluding steroid dienone is 1. The van der Waals surface area contributed by atoms with Crippen LogP contribution < -0.4 is 0 Å². The summed E-state index contributed by atoms with van der Waals surface area (Å²) in [5, 5.41) is 0. The van der Waals surface area contributed by atoms with Crippen LogP contribution in [-0.2, 0) is 6.42 Å². The van der Waals surface area contributed by atoms with Crippen molar-refractivity contribution in [1.29, 1.82) is 0 Å². The summed E-state index contributed by atoms with van der Waals surface area (Å²) < 4.78 is 0. The van der Waals surface area contributed by atoms with E-state index in [4.69, 9.17) is 0 Å². The van der Waals surface area contributed by atoms with E-state index in [1.165, 1.54) is 11.3 Å². The second kappa shape index (κ2) is 4.61. The highest BCUT2D eigenvalue weighted by Gasteiger charge is 2.12. The molecular weight excluding hydrogens is 182 g/mol. The summed E-state index contributed by atoms with van der Waals surface area (Å²) in [5.41, 5.74) is 3.82. The molecule has 0 radical (unpaired) electrons. The number of nitrogens with zero attached hydrogens (tertiary/aromatic N) is 1. The lowest BCUT2D eigenvalue weighted by atomic mass is 9.90. The van der Waals surface area contributed by atoms with E-state index in [1.54, 1.807) is 0 Å². The highest BCUT2D eigenvalue weighted by atomic mass is 14.7. The van der Waals surface area contributed by atoms with Crippen molar-refractivity contribution in [2.75, 3.05) is 0 Å². The number of aryl methyl sites for hydroxylation is 1. The Hall–Kier alpha value is -1.11. The number of hydrogen-bond acceptors (Lipinski definition) is 1. The Morgan fingerprint density at radius 1 is 1.27 bits per heavy atom. The standard InChI is InChI=1S/C14H21N/c1-6-7-13-11(2)8-9-12(15-13)10-14(3,4)5/h6-9H,10H2,1-5H3/b7-6-. The first kappa shape index (κ1) is 12.0. The van der Waals surface area contributed by atoms with Gasteiger partial charge in [0, 0.05) is 5.69 Å². The molecule has 0 fully saturated rings. The number of aromatic nitrogens is 1. The summed E-state index contributed by atoms with van der Waals surface area (Å²) in [6.45, 7) is 10.8. The SMILES string of the molecule is C/C=C\c1nc(CC(C)(C)C)ccc1C. The lowest BCUT2D eigenvalue weighted by Crippen LogP contribution is -2.11. The summed E-state index contributed by atoms with van der Waals surface area (Å²) in [4.78, 5) is 4.66. The van der Waals surface area contributed by atoms with Crippen molar-refractivity contribution < 1.29 is 0 Å². The van der Waals surface area contributed by atoms with Gasteiger partial charge in [-0.3, -0.25) is 4.98 Å². The fourth-order valence-corrected chi connectivity index (χ4v) is 1.56. The van der Waals surface area contributed by atoms with Gasteiger partial charge >= 0.3 is 0 Å². The normalized spacial score (nSPS) is 12.3. The van der Waals surface area contributed by atoms with Gasteiger partial charge in [0.2, 0.25) is 0 Å². The molecule has 0 saturated carbocycles. The van der Waals surface area contributed by atoms with Crippen LogP contribution in [-0.4, -0.2) is 4.98 Å². The average Bonchev–Trinajstić information content (AvgIpc) is 2.09. The van der Waals surface area contributed by atoms with E-state index in [9.17, 15) is 0 Å². The Labute approximate surface area is 93.2 Å². The van der Waals surface area contributed by atoms with Crippen LogP contribution in [0.3, 0.4) is 0 Å². The van der Waals surface area contributed by atoms with Gasteiger partial charge in [0.05, 0.1) is 5.69 Å². The molecule has 82 valence electrons. The first-order valence-corrected chi connectivity index (χ1v) is 5.51. The van der Waals surface area contributed by atoms with Gasteiger partial charge in [-0.15, -0.1) is 0 Å². The van der Waals surface area contributed by atoms with Crippen LogP contribution in [0.5, 0.6) is 0 Å². The molecule has 0 atom stereocenters. The maximum Gasteiger partial charge on any atom is 0.0658 e. The molecule has 0 bridgehead atoms. The van der Waals surface area contributed by atoms with Gasteiger partial charge in [0.1, 0.15) is 0 Å². The zero-order valence-electron chi connectivity index (χ0n) is 10.5. The van der Waals surface area contributed by atoms with Crippen molar-refractivity contribution in [3.63, 3.8) is 0 Å². The molecule has 1 aromatic rings. The maximum atomic E-state index is 4.66. The van der Waals surface area contributed by atoms with Gasteiger partial charge in [0.15, 0.2) is 0 Å². The second-order valence-electron chi connectivity index (χ2n) is 5.24. The third-order valence-electron chi connectivity index (χ3n) is 2.23. The van der Waals surface area contributed by atoms with Gasteiger partial charge in [-0.25, -0.2) is 0 Å². The van der Waals surface area contributed by atoms with Crippen molar-refractivity contribution in [1.82, 2.24) is 4.98 Å². The summed E-state index contributed by atoms with van der Waals surface area (Å²) >= 11 is 0. The maximum absolute atomic E-state index is 4.66. The first-order chi connectivity index (χ1) is 6.92. The second-order valence-corrected chi connectivity index (χ2v) is 5.24. The van der Waals surface area contributed by atoms with Crippen LogP contribution in [0, 0.1) is 12.3 Å². The van der Waals surface area contributed by atoms with Gasteiger partial charge in [-0.2, -0.15) is 0 Å². The van der Waals surface area contributed by atoms with Gasteiger partial charge in [-0.05, 0) is 43.4 Å². The lowest BCUT2D eigenvalue weighted by molar-refractivity contribution is 0.406. The van der Waals surface area contributed by atoms with E-state index < -0.39 is 0 Å². The molecule has 0 amide bonds. The number of hydrogen-bond donors (Lipinski definition) is 0. The monoisotopic (exact) mass is 203 g/mol. The minimum atomic E-state index is 0.301. The number of rotatable bonds is 2. The molecule has 1 nitrogen and oxygen atoms in total. The smallest absolute Gasteiger partial charge is 0.0658 e. The Morgan fingerprint density at radius 3 is 2.47 bits per heavy atom. The summed E-state index contributed by atoms with van der Waals surface area (Å²) in [5.74, 6) is 0. The number of pyridine rings is 1. The van der Waals surface area contributed by atoms with Crippen molar-refractivity contribution in [3.8, 4) is 0 Å². The molecule has 0 aliphatic rings. The molecule has 15 heavy (non-hydrogen) atoms. The lowest BCUT2D eigenvalue weighted by Gasteiger charge is -2.17. The third-order valence-corrected chi connectivity index (χ3v) is 2.23. The van der Waals surface area contributed by atoms with E-state index in [0.29, 0.717) is 5.41 Å². The largest absolute Gasteiger partial charge is 0.253 e. The molecule has 0 aromatic carbocycles. The highest BCUT2D eigenvalue weighted by molar-refractivity contribution is 5.48. The average molecular weight is 203 g/mol. The van der Waals surface area contributed by atoms with E-state index in [1.807, 2.05) is 13.0 Å². The summed E-state index contributed by atoms with van der Waals surface area (Å²) in [6.07, 6.45) is 5.13. The third kappa shape index (κ3) is 3.86. The van der Waals surface area contributed by atoms with E-state index in [0.717, 1.165) is 12.1 Å². The minimum Gasteiger partial charge on any atom is -0.253 e. The highest BCUT2D eigenvalue weighted by Crippen LogP contribution is 2.20. The van der Waals surface area contributed by atoms with Crippen LogP contribution in [0.25, 0.3) is 6.08 Å². The zero-order chi connectivity index (χ0) is 11.5. The van der Waals surface area contributed by atoms with Crippen LogP contribution in [0.1, 0.15) is 44.6 Å². The molecule has 0 spiro atoms. The Kier molecular flexibility index (Phi) is 3.67. The minimum absolute atomic E-state index is 0.301. The first-order valence-electron chi connectivity index (χ1n) is 5.51. The van der Waals surface area contributed by atoms with Crippen LogP contribution in [0.4, 0.5) is 0 Å². The molecule has 1 heterocycles. The Balaban J connectivity index is 2.97. The molecule has 0 aliphatic carbocycles. The van der Waals surface area contributed by atoms with Crippen LogP contribution in [0.15, 0.2) is 18.2 Å². The molecule has 0 aliphatic heterocycles. The zero-order valence-corrected chi connectivity index (χ0v) is 10.5. The Morgan fingerprint density at radius 2 is 1.93 bits per heavy atom.